The molecule has 1 amide bonds. The normalized spacial score (nSPS) is 20.0. The molecule has 2 aromatic carbocycles. The van der Waals surface area contributed by atoms with Crippen molar-refractivity contribution in [2.75, 3.05) is 20.3 Å². The van der Waals surface area contributed by atoms with Crippen molar-refractivity contribution in [2.45, 2.75) is 24.5 Å². The standard InChI is InChI=1S/C23H25BrN2O5/c1-3-13-23(22(28)26-29-2)20(16-5-9-18(24)10-6-16)31-21(25-23)17-7-11-19(12-8-17)30-15-4-14-27/h3,5-12,20,27H,1,4,13-15H2,2H3,(H,26,28)/t20-,23-/m0/s1. The molecular weight excluding hydrogens is 464 g/mol. The van der Waals surface area contributed by atoms with Gasteiger partial charge in [-0.15, -0.1) is 6.58 Å². The van der Waals surface area contributed by atoms with Gasteiger partial charge in [0, 0.05) is 29.5 Å². The van der Waals surface area contributed by atoms with E-state index in [4.69, 9.17) is 24.4 Å². The van der Waals surface area contributed by atoms with Gasteiger partial charge in [-0.25, -0.2) is 10.5 Å². The maximum atomic E-state index is 13.1. The molecule has 8 heteroatoms. The molecule has 0 spiro atoms. The van der Waals surface area contributed by atoms with E-state index < -0.39 is 17.6 Å². The van der Waals surface area contributed by atoms with E-state index in [1.807, 2.05) is 36.4 Å². The number of nitrogens with zero attached hydrogens (tertiary/aromatic N) is 1. The molecule has 0 bridgehead atoms. The van der Waals surface area contributed by atoms with E-state index in [1.165, 1.54) is 7.11 Å². The molecule has 2 N–H and O–H groups in total. The molecule has 3 rings (SSSR count). The molecule has 2 atom stereocenters. The molecule has 0 saturated carbocycles. The van der Waals surface area contributed by atoms with Crippen LogP contribution in [0.3, 0.4) is 0 Å². The van der Waals surface area contributed by atoms with Crippen LogP contribution in [0.15, 0.2) is 70.7 Å². The van der Waals surface area contributed by atoms with Gasteiger partial charge in [0.05, 0.1) is 13.7 Å². The Balaban J connectivity index is 1.96. The van der Waals surface area contributed by atoms with Crippen molar-refractivity contribution in [3.63, 3.8) is 0 Å². The molecule has 0 fully saturated rings. The number of aliphatic hydroxyl groups is 1. The summed E-state index contributed by atoms with van der Waals surface area (Å²) in [4.78, 5) is 22.7. The summed E-state index contributed by atoms with van der Waals surface area (Å²) < 4.78 is 12.7. The first-order valence-electron chi connectivity index (χ1n) is 9.84. The van der Waals surface area contributed by atoms with Gasteiger partial charge in [0.2, 0.25) is 5.90 Å². The lowest BCUT2D eigenvalue weighted by atomic mass is 9.85. The molecule has 1 aliphatic rings. The van der Waals surface area contributed by atoms with Crippen LogP contribution >= 0.6 is 15.9 Å². The number of aliphatic imine (C=N–C) groups is 1. The summed E-state index contributed by atoms with van der Waals surface area (Å²) in [5.41, 5.74) is 2.66. The fourth-order valence-corrected chi connectivity index (χ4v) is 3.62. The fraction of sp³-hybridized carbons (Fsp3) is 0.304. The molecule has 1 aliphatic heterocycles. The Hall–Kier alpha value is -2.68. The highest BCUT2D eigenvalue weighted by molar-refractivity contribution is 9.10. The second-order valence-corrected chi connectivity index (χ2v) is 7.88. The second kappa shape index (κ2) is 10.6. The zero-order valence-corrected chi connectivity index (χ0v) is 18.8. The average molecular weight is 489 g/mol. The molecule has 164 valence electrons. The van der Waals surface area contributed by atoms with Gasteiger partial charge in [-0.2, -0.15) is 0 Å². The number of carbonyl (C=O) groups is 1. The predicted molar refractivity (Wildman–Crippen MR) is 121 cm³/mol. The Morgan fingerprint density at radius 1 is 1.29 bits per heavy atom. The highest BCUT2D eigenvalue weighted by Gasteiger charge is 2.52. The maximum Gasteiger partial charge on any atom is 0.276 e. The van der Waals surface area contributed by atoms with E-state index in [1.54, 1.807) is 18.2 Å². The quantitative estimate of drug-likeness (QED) is 0.302. The number of amides is 1. The third-order valence-electron chi connectivity index (χ3n) is 4.85. The number of carbonyl (C=O) groups excluding carboxylic acids is 1. The van der Waals surface area contributed by atoms with Gasteiger partial charge in [0.25, 0.3) is 5.91 Å². The Bertz CT molecular complexity index is 930. The lowest BCUT2D eigenvalue weighted by Crippen LogP contribution is -2.47. The number of halogens is 1. The Morgan fingerprint density at radius 2 is 2.00 bits per heavy atom. The third-order valence-corrected chi connectivity index (χ3v) is 5.38. The van der Waals surface area contributed by atoms with Crippen molar-refractivity contribution in [3.8, 4) is 5.75 Å². The summed E-state index contributed by atoms with van der Waals surface area (Å²) in [7, 11) is 1.38. The van der Waals surface area contributed by atoms with Crippen LogP contribution in [0.4, 0.5) is 0 Å². The second-order valence-electron chi connectivity index (χ2n) is 6.97. The molecule has 31 heavy (non-hydrogen) atoms. The number of hydrogen-bond acceptors (Lipinski definition) is 6. The Morgan fingerprint density at radius 3 is 2.61 bits per heavy atom. The van der Waals surface area contributed by atoms with Crippen molar-refractivity contribution < 1.29 is 24.2 Å². The molecule has 0 aliphatic carbocycles. The molecule has 2 aromatic rings. The van der Waals surface area contributed by atoms with Crippen LogP contribution in [0.25, 0.3) is 0 Å². The molecule has 7 nitrogen and oxygen atoms in total. The van der Waals surface area contributed by atoms with Crippen molar-refractivity contribution in [2.24, 2.45) is 4.99 Å². The summed E-state index contributed by atoms with van der Waals surface area (Å²) in [6.07, 6.45) is 1.80. The fourth-order valence-electron chi connectivity index (χ4n) is 3.35. The minimum absolute atomic E-state index is 0.0785. The summed E-state index contributed by atoms with van der Waals surface area (Å²) in [5.74, 6) is 0.611. The number of ether oxygens (including phenoxy) is 2. The maximum absolute atomic E-state index is 13.1. The monoisotopic (exact) mass is 488 g/mol. The van der Waals surface area contributed by atoms with Gasteiger partial charge in [0.15, 0.2) is 11.6 Å². The first-order chi connectivity index (χ1) is 15.0. The summed E-state index contributed by atoms with van der Waals surface area (Å²) in [6, 6.07) is 14.8. The zero-order chi connectivity index (χ0) is 22.3. The predicted octanol–water partition coefficient (Wildman–Crippen LogP) is 3.72. The van der Waals surface area contributed by atoms with Crippen LogP contribution in [0.5, 0.6) is 5.75 Å². The zero-order valence-electron chi connectivity index (χ0n) is 17.2. The highest BCUT2D eigenvalue weighted by atomic mass is 79.9. The Kier molecular flexibility index (Phi) is 7.84. The van der Waals surface area contributed by atoms with E-state index in [0.29, 0.717) is 30.2 Å². The van der Waals surface area contributed by atoms with Gasteiger partial charge in [-0.05, 0) is 42.0 Å². The molecule has 1 heterocycles. The highest BCUT2D eigenvalue weighted by Crippen LogP contribution is 2.43. The van der Waals surface area contributed by atoms with Gasteiger partial charge >= 0.3 is 0 Å². The van der Waals surface area contributed by atoms with Crippen molar-refractivity contribution in [1.82, 2.24) is 5.48 Å². The third kappa shape index (κ3) is 5.15. The van der Waals surface area contributed by atoms with E-state index in [2.05, 4.69) is 28.0 Å². The minimum atomic E-state index is -1.27. The summed E-state index contributed by atoms with van der Waals surface area (Å²) in [6.45, 7) is 4.32. The van der Waals surface area contributed by atoms with Crippen molar-refractivity contribution in [3.05, 3.63) is 76.8 Å². The summed E-state index contributed by atoms with van der Waals surface area (Å²) >= 11 is 3.43. The van der Waals surface area contributed by atoms with E-state index in [-0.39, 0.29) is 13.0 Å². The summed E-state index contributed by atoms with van der Waals surface area (Å²) in [5, 5.41) is 8.88. The first kappa shape index (κ1) is 23.0. The molecule has 0 radical (unpaired) electrons. The number of hydrogen-bond donors (Lipinski definition) is 2. The number of benzene rings is 2. The Labute approximate surface area is 189 Å². The van der Waals surface area contributed by atoms with E-state index >= 15 is 0 Å². The van der Waals surface area contributed by atoms with Crippen LogP contribution in [-0.2, 0) is 14.4 Å². The number of aliphatic hydroxyl groups excluding tert-OH is 1. The van der Waals surface area contributed by atoms with Crippen molar-refractivity contribution in [1.29, 1.82) is 0 Å². The molecule has 0 saturated heterocycles. The van der Waals surface area contributed by atoms with Crippen LogP contribution in [0.1, 0.15) is 30.1 Å². The van der Waals surface area contributed by atoms with Crippen LogP contribution < -0.4 is 10.2 Å². The average Bonchev–Trinajstić information content (AvgIpc) is 3.16. The largest absolute Gasteiger partial charge is 0.494 e. The topological polar surface area (TPSA) is 89.4 Å². The van der Waals surface area contributed by atoms with Gasteiger partial charge in [-0.1, -0.05) is 34.1 Å². The molecule has 0 unspecified atom stereocenters. The van der Waals surface area contributed by atoms with Crippen LogP contribution in [-0.4, -0.2) is 42.8 Å². The molecular formula is C23H25BrN2O5. The van der Waals surface area contributed by atoms with E-state index in [9.17, 15) is 4.79 Å². The lowest BCUT2D eigenvalue weighted by molar-refractivity contribution is -0.139. The first-order valence-corrected chi connectivity index (χ1v) is 10.6. The van der Waals surface area contributed by atoms with Gasteiger partial charge < -0.3 is 14.6 Å². The van der Waals surface area contributed by atoms with Crippen LogP contribution in [0.2, 0.25) is 0 Å². The lowest BCUT2D eigenvalue weighted by Gasteiger charge is -2.29. The number of hydroxylamine groups is 1. The van der Waals surface area contributed by atoms with Crippen LogP contribution in [0, 0.1) is 0 Å². The van der Waals surface area contributed by atoms with Crippen molar-refractivity contribution >= 4 is 27.7 Å². The van der Waals surface area contributed by atoms with Gasteiger partial charge in [-0.3, -0.25) is 9.63 Å². The molecule has 0 aromatic heterocycles. The van der Waals surface area contributed by atoms with Gasteiger partial charge in [0.1, 0.15) is 5.75 Å². The smallest absolute Gasteiger partial charge is 0.276 e. The number of nitrogens with one attached hydrogen (secondary N) is 1. The SMILES string of the molecule is C=CC[C@]1(C(=O)NOC)N=C(c2ccc(OCCCO)cc2)O[C@H]1c1ccc(Br)cc1. The van der Waals surface area contributed by atoms with E-state index in [0.717, 1.165) is 10.0 Å². The minimum Gasteiger partial charge on any atom is -0.494 e. The number of rotatable bonds is 10.